The molecule has 0 saturated heterocycles. The number of carbonyl (C=O) groups excluding carboxylic acids is 1. The van der Waals surface area contributed by atoms with Crippen molar-refractivity contribution in [1.82, 2.24) is 14.9 Å². The van der Waals surface area contributed by atoms with Crippen molar-refractivity contribution >= 4 is 28.5 Å². The molecule has 1 heterocycles. The van der Waals surface area contributed by atoms with Crippen LogP contribution in [-0.4, -0.2) is 22.0 Å². The minimum absolute atomic E-state index is 0.164. The topological polar surface area (TPSA) is 46.9 Å². The zero-order valence-corrected chi connectivity index (χ0v) is 14.5. The van der Waals surface area contributed by atoms with Gasteiger partial charge in [-0.3, -0.25) is 4.79 Å². The number of terminal acetylenes is 1. The number of para-hydroxylation sites is 2. The third-order valence-electron chi connectivity index (χ3n) is 3.96. The van der Waals surface area contributed by atoms with E-state index in [1.807, 2.05) is 28.8 Å². The van der Waals surface area contributed by atoms with Crippen LogP contribution in [0.1, 0.15) is 22.6 Å². The Morgan fingerprint density at radius 3 is 2.76 bits per heavy atom. The summed E-state index contributed by atoms with van der Waals surface area (Å²) in [6.07, 6.45) is 6.99. The third kappa shape index (κ3) is 3.84. The minimum atomic E-state index is -0.164. The van der Waals surface area contributed by atoms with E-state index in [9.17, 15) is 4.79 Å². The van der Waals surface area contributed by atoms with Gasteiger partial charge in [0.1, 0.15) is 5.82 Å². The molecule has 0 fully saturated rings. The Hall–Kier alpha value is -2.77. The number of nitrogens with zero attached hydrogens (tertiary/aromatic N) is 2. The second-order valence-electron chi connectivity index (χ2n) is 5.65. The minimum Gasteiger partial charge on any atom is -0.352 e. The zero-order chi connectivity index (χ0) is 17.6. The predicted octanol–water partition coefficient (Wildman–Crippen LogP) is 3.69. The summed E-state index contributed by atoms with van der Waals surface area (Å²) in [7, 11) is 0. The Morgan fingerprint density at radius 2 is 1.96 bits per heavy atom. The maximum atomic E-state index is 12.1. The molecular weight excluding hydrogens is 334 g/mol. The number of aryl methyl sites for hydroxylation is 1. The van der Waals surface area contributed by atoms with E-state index in [4.69, 9.17) is 18.0 Å². The smallest absolute Gasteiger partial charge is 0.252 e. The van der Waals surface area contributed by atoms with Crippen molar-refractivity contribution in [2.45, 2.75) is 19.4 Å². The van der Waals surface area contributed by atoms with Crippen molar-refractivity contribution in [3.8, 4) is 12.3 Å². The standard InChI is InChI=1S/C20H18ClN3O/c1-2-14-24-18-11-6-5-10-17(18)23-19(24)12-7-13-22-20(25)15-8-3-4-9-16(15)21/h1,3-6,8-11H,7,12-14H2,(H,22,25). The highest BCUT2D eigenvalue weighted by molar-refractivity contribution is 6.33. The van der Waals surface area contributed by atoms with Crippen LogP contribution >= 0.6 is 11.6 Å². The van der Waals surface area contributed by atoms with Crippen LogP contribution in [0.15, 0.2) is 48.5 Å². The molecule has 1 aromatic heterocycles. The van der Waals surface area contributed by atoms with Crippen LogP contribution in [0.2, 0.25) is 5.02 Å². The molecule has 3 rings (SSSR count). The third-order valence-corrected chi connectivity index (χ3v) is 4.29. The van der Waals surface area contributed by atoms with Crippen LogP contribution in [0, 0.1) is 12.3 Å². The number of hydrogen-bond acceptors (Lipinski definition) is 2. The second kappa shape index (κ2) is 7.87. The highest BCUT2D eigenvalue weighted by Gasteiger charge is 2.11. The van der Waals surface area contributed by atoms with Crippen LogP contribution < -0.4 is 5.32 Å². The molecule has 5 heteroatoms. The van der Waals surface area contributed by atoms with Crippen molar-refractivity contribution in [2.24, 2.45) is 0 Å². The lowest BCUT2D eigenvalue weighted by Gasteiger charge is -2.08. The summed E-state index contributed by atoms with van der Waals surface area (Å²) in [5, 5.41) is 3.35. The number of fused-ring (bicyclic) bond motifs is 1. The van der Waals surface area contributed by atoms with E-state index in [1.165, 1.54) is 0 Å². The molecule has 0 atom stereocenters. The molecule has 1 N–H and O–H groups in total. The Morgan fingerprint density at radius 1 is 1.20 bits per heavy atom. The van der Waals surface area contributed by atoms with Gasteiger partial charge in [0.15, 0.2) is 0 Å². The van der Waals surface area contributed by atoms with Crippen molar-refractivity contribution in [3.05, 3.63) is 64.9 Å². The number of halogens is 1. The molecule has 0 saturated carbocycles. The van der Waals surface area contributed by atoms with E-state index in [0.29, 0.717) is 23.7 Å². The van der Waals surface area contributed by atoms with Gasteiger partial charge in [0, 0.05) is 13.0 Å². The fourth-order valence-corrected chi connectivity index (χ4v) is 2.99. The summed E-state index contributed by atoms with van der Waals surface area (Å²) < 4.78 is 2.05. The molecule has 0 aliphatic heterocycles. The Bertz CT molecular complexity index is 940. The van der Waals surface area contributed by atoms with Gasteiger partial charge in [-0.1, -0.05) is 41.8 Å². The van der Waals surface area contributed by atoms with Crippen LogP contribution in [0.3, 0.4) is 0 Å². The van der Waals surface area contributed by atoms with Crippen molar-refractivity contribution < 1.29 is 4.79 Å². The van der Waals surface area contributed by atoms with Gasteiger partial charge < -0.3 is 9.88 Å². The normalized spacial score (nSPS) is 10.6. The van der Waals surface area contributed by atoms with Crippen molar-refractivity contribution in [2.75, 3.05) is 6.54 Å². The van der Waals surface area contributed by atoms with Gasteiger partial charge in [0.05, 0.1) is 28.2 Å². The van der Waals surface area contributed by atoms with Gasteiger partial charge >= 0.3 is 0 Å². The van der Waals surface area contributed by atoms with E-state index in [-0.39, 0.29) is 5.91 Å². The summed E-state index contributed by atoms with van der Waals surface area (Å²) in [4.78, 5) is 16.8. The number of benzene rings is 2. The van der Waals surface area contributed by atoms with Gasteiger partial charge in [0.2, 0.25) is 0 Å². The summed E-state index contributed by atoms with van der Waals surface area (Å²) >= 11 is 6.04. The van der Waals surface area contributed by atoms with Crippen LogP contribution in [-0.2, 0) is 13.0 Å². The maximum absolute atomic E-state index is 12.1. The Labute approximate surface area is 151 Å². The van der Waals surface area contributed by atoms with Gasteiger partial charge in [-0.25, -0.2) is 4.98 Å². The zero-order valence-electron chi connectivity index (χ0n) is 13.7. The number of aromatic nitrogens is 2. The van der Waals surface area contributed by atoms with Crippen molar-refractivity contribution in [1.29, 1.82) is 0 Å². The number of imidazole rings is 1. The van der Waals surface area contributed by atoms with Gasteiger partial charge in [-0.15, -0.1) is 6.42 Å². The molecule has 126 valence electrons. The van der Waals surface area contributed by atoms with Gasteiger partial charge in [-0.2, -0.15) is 0 Å². The van der Waals surface area contributed by atoms with E-state index in [1.54, 1.807) is 24.3 Å². The molecule has 25 heavy (non-hydrogen) atoms. The molecule has 0 radical (unpaired) electrons. The maximum Gasteiger partial charge on any atom is 0.252 e. The number of carbonyl (C=O) groups is 1. The monoisotopic (exact) mass is 351 g/mol. The molecule has 0 bridgehead atoms. The average Bonchev–Trinajstić information content (AvgIpc) is 2.97. The largest absolute Gasteiger partial charge is 0.352 e. The lowest BCUT2D eigenvalue weighted by atomic mass is 10.2. The molecule has 0 unspecified atom stereocenters. The van der Waals surface area contributed by atoms with E-state index >= 15 is 0 Å². The molecular formula is C20H18ClN3O. The highest BCUT2D eigenvalue weighted by Crippen LogP contribution is 2.17. The van der Waals surface area contributed by atoms with Crippen LogP contribution in [0.25, 0.3) is 11.0 Å². The van der Waals surface area contributed by atoms with Gasteiger partial charge in [0.25, 0.3) is 5.91 Å². The number of hydrogen-bond donors (Lipinski definition) is 1. The first-order valence-electron chi connectivity index (χ1n) is 8.11. The first-order valence-corrected chi connectivity index (χ1v) is 8.49. The molecule has 1 amide bonds. The number of nitrogens with one attached hydrogen (secondary N) is 1. The molecule has 0 aliphatic rings. The van der Waals surface area contributed by atoms with Crippen molar-refractivity contribution in [3.63, 3.8) is 0 Å². The quantitative estimate of drug-likeness (QED) is 0.544. The summed E-state index contributed by atoms with van der Waals surface area (Å²) in [6.45, 7) is 1.03. The summed E-state index contributed by atoms with van der Waals surface area (Å²) in [5.41, 5.74) is 2.46. The predicted molar refractivity (Wildman–Crippen MR) is 101 cm³/mol. The summed E-state index contributed by atoms with van der Waals surface area (Å²) in [6, 6.07) is 14.9. The molecule has 0 spiro atoms. The molecule has 4 nitrogen and oxygen atoms in total. The Kier molecular flexibility index (Phi) is 5.37. The summed E-state index contributed by atoms with van der Waals surface area (Å²) in [5.74, 6) is 3.45. The lowest BCUT2D eigenvalue weighted by molar-refractivity contribution is 0.0953. The number of rotatable bonds is 6. The second-order valence-corrected chi connectivity index (χ2v) is 6.05. The van der Waals surface area contributed by atoms with Crippen LogP contribution in [0.4, 0.5) is 0 Å². The first-order chi connectivity index (χ1) is 12.2. The molecule has 0 aliphatic carbocycles. The SMILES string of the molecule is C#CCn1c(CCCNC(=O)c2ccccc2Cl)nc2ccccc21. The molecule has 2 aromatic carbocycles. The number of amides is 1. The van der Waals surface area contributed by atoms with Gasteiger partial charge in [-0.05, 0) is 30.7 Å². The van der Waals surface area contributed by atoms with E-state index in [0.717, 1.165) is 29.7 Å². The van der Waals surface area contributed by atoms with E-state index < -0.39 is 0 Å². The Balaban J connectivity index is 1.62. The average molecular weight is 352 g/mol. The molecule has 3 aromatic rings. The highest BCUT2D eigenvalue weighted by atomic mass is 35.5. The lowest BCUT2D eigenvalue weighted by Crippen LogP contribution is -2.25. The fraction of sp³-hybridized carbons (Fsp3) is 0.200. The first kappa shape index (κ1) is 17.1. The van der Waals surface area contributed by atoms with Crippen LogP contribution in [0.5, 0.6) is 0 Å². The van der Waals surface area contributed by atoms with E-state index in [2.05, 4.69) is 16.2 Å². The fourth-order valence-electron chi connectivity index (χ4n) is 2.77.